The van der Waals surface area contributed by atoms with E-state index in [4.69, 9.17) is 4.74 Å². The van der Waals surface area contributed by atoms with Crippen molar-refractivity contribution in [2.75, 3.05) is 20.2 Å². The van der Waals surface area contributed by atoms with E-state index in [-0.39, 0.29) is 22.5 Å². The van der Waals surface area contributed by atoms with E-state index in [2.05, 4.69) is 18.9 Å². The number of carbonyl (C=O) groups excluding carboxylic acids is 2. The number of aryl methyl sites for hydroxylation is 1. The van der Waals surface area contributed by atoms with Gasteiger partial charge in [0.15, 0.2) is 0 Å². The van der Waals surface area contributed by atoms with E-state index < -0.39 is 17.7 Å². The first-order valence-corrected chi connectivity index (χ1v) is 8.81. The Bertz CT molecular complexity index is 904. The van der Waals surface area contributed by atoms with Crippen molar-refractivity contribution in [1.82, 2.24) is 14.7 Å². The molecule has 2 aromatic rings. The Balaban J connectivity index is 1.94. The highest BCUT2D eigenvalue weighted by Gasteiger charge is 2.43. The third kappa shape index (κ3) is 3.34. The zero-order valence-corrected chi connectivity index (χ0v) is 16.2. The highest BCUT2D eigenvalue weighted by atomic mass is 19.1. The summed E-state index contributed by atoms with van der Waals surface area (Å²) in [5.74, 6) is -1.53. The van der Waals surface area contributed by atoms with Crippen LogP contribution in [0.2, 0.25) is 0 Å². The third-order valence-electron chi connectivity index (χ3n) is 5.39. The maximum atomic E-state index is 14.5. The number of hydrogen-bond donors (Lipinski definition) is 0. The van der Waals surface area contributed by atoms with E-state index in [1.807, 2.05) is 19.4 Å². The van der Waals surface area contributed by atoms with Crippen molar-refractivity contribution in [2.45, 2.75) is 26.7 Å². The zero-order valence-electron chi connectivity index (χ0n) is 16.2. The van der Waals surface area contributed by atoms with Gasteiger partial charge in [-0.3, -0.25) is 9.48 Å². The summed E-state index contributed by atoms with van der Waals surface area (Å²) >= 11 is 0. The van der Waals surface area contributed by atoms with Crippen LogP contribution in [0.1, 0.15) is 51.6 Å². The van der Waals surface area contributed by atoms with Crippen LogP contribution in [0.5, 0.6) is 0 Å². The Labute approximate surface area is 157 Å². The molecule has 27 heavy (non-hydrogen) atoms. The van der Waals surface area contributed by atoms with E-state index in [0.717, 1.165) is 11.6 Å². The number of amides is 1. The first kappa shape index (κ1) is 19.1. The molecule has 1 unspecified atom stereocenters. The molecule has 0 N–H and O–H groups in total. The second-order valence-corrected chi connectivity index (χ2v) is 7.76. The lowest BCUT2D eigenvalue weighted by Crippen LogP contribution is -2.32. The minimum absolute atomic E-state index is 0.0689. The highest BCUT2D eigenvalue weighted by Crippen LogP contribution is 2.42. The predicted octanol–water partition coefficient (Wildman–Crippen LogP) is 2.92. The molecule has 1 fully saturated rings. The molecule has 2 heterocycles. The van der Waals surface area contributed by atoms with Gasteiger partial charge >= 0.3 is 5.97 Å². The minimum atomic E-state index is -0.632. The lowest BCUT2D eigenvalue weighted by molar-refractivity contribution is 0.0599. The molecule has 0 spiro atoms. The quantitative estimate of drug-likeness (QED) is 0.776. The number of nitrogens with zero attached hydrogens (tertiary/aromatic N) is 3. The molecule has 0 aliphatic carbocycles. The van der Waals surface area contributed by atoms with Gasteiger partial charge < -0.3 is 9.64 Å². The first-order valence-electron chi connectivity index (χ1n) is 8.81. The standard InChI is InChI=1S/C20H24FN3O3/c1-12-14(19(26)27-5)6-7-16(21)17(12)18(25)24-10-15(20(2,3)11-24)13-8-22-23(4)9-13/h6-9,15H,10-11H2,1-5H3. The lowest BCUT2D eigenvalue weighted by atomic mass is 9.79. The van der Waals surface area contributed by atoms with Gasteiger partial charge in [-0.1, -0.05) is 13.8 Å². The van der Waals surface area contributed by atoms with E-state index in [0.29, 0.717) is 18.7 Å². The summed E-state index contributed by atoms with van der Waals surface area (Å²) in [6, 6.07) is 2.49. The maximum absolute atomic E-state index is 14.5. The van der Waals surface area contributed by atoms with Gasteiger partial charge in [-0.05, 0) is 35.6 Å². The number of aromatic nitrogens is 2. The van der Waals surface area contributed by atoms with Crippen molar-refractivity contribution in [3.8, 4) is 0 Å². The maximum Gasteiger partial charge on any atom is 0.338 e. The molecule has 1 amide bonds. The molecule has 1 aliphatic rings. The largest absolute Gasteiger partial charge is 0.465 e. The van der Waals surface area contributed by atoms with Crippen LogP contribution in [0.3, 0.4) is 0 Å². The SMILES string of the molecule is COC(=O)c1ccc(F)c(C(=O)N2CC(c3cnn(C)c3)C(C)(C)C2)c1C. The van der Waals surface area contributed by atoms with Gasteiger partial charge in [0.2, 0.25) is 0 Å². The average molecular weight is 373 g/mol. The van der Waals surface area contributed by atoms with Crippen molar-refractivity contribution in [1.29, 1.82) is 0 Å². The van der Waals surface area contributed by atoms with Gasteiger partial charge in [0.05, 0.1) is 24.4 Å². The van der Waals surface area contributed by atoms with Gasteiger partial charge in [-0.25, -0.2) is 9.18 Å². The van der Waals surface area contributed by atoms with Gasteiger partial charge in [0.25, 0.3) is 5.91 Å². The molecule has 0 bridgehead atoms. The molecule has 0 saturated carbocycles. The number of benzene rings is 1. The second kappa shape index (κ2) is 6.79. The van der Waals surface area contributed by atoms with Crippen molar-refractivity contribution < 1.29 is 18.7 Å². The van der Waals surface area contributed by atoms with E-state index in [1.54, 1.807) is 16.5 Å². The number of ether oxygens (including phenoxy) is 1. The van der Waals surface area contributed by atoms with Gasteiger partial charge in [0, 0.05) is 32.3 Å². The van der Waals surface area contributed by atoms with Crippen molar-refractivity contribution in [3.63, 3.8) is 0 Å². The Morgan fingerprint density at radius 3 is 2.63 bits per heavy atom. The smallest absolute Gasteiger partial charge is 0.338 e. The molecular formula is C20H24FN3O3. The van der Waals surface area contributed by atoms with Crippen LogP contribution >= 0.6 is 0 Å². The van der Waals surface area contributed by atoms with E-state index >= 15 is 0 Å². The van der Waals surface area contributed by atoms with Crippen molar-refractivity contribution >= 4 is 11.9 Å². The third-order valence-corrected chi connectivity index (χ3v) is 5.39. The van der Waals surface area contributed by atoms with Crippen LogP contribution in [-0.2, 0) is 11.8 Å². The zero-order chi connectivity index (χ0) is 19.9. The molecule has 0 radical (unpaired) electrons. The van der Waals surface area contributed by atoms with Crippen molar-refractivity contribution in [2.24, 2.45) is 12.5 Å². The van der Waals surface area contributed by atoms with Crippen LogP contribution in [0.25, 0.3) is 0 Å². The van der Waals surface area contributed by atoms with Gasteiger partial charge in [0.1, 0.15) is 5.82 Å². The summed E-state index contributed by atoms with van der Waals surface area (Å²) in [4.78, 5) is 26.7. The molecule has 6 nitrogen and oxygen atoms in total. The molecule has 7 heteroatoms. The summed E-state index contributed by atoms with van der Waals surface area (Å²) < 4.78 is 21.0. The normalized spacial score (nSPS) is 18.6. The van der Waals surface area contributed by atoms with Crippen LogP contribution in [0, 0.1) is 18.2 Å². The Hall–Kier alpha value is -2.70. The van der Waals surface area contributed by atoms with Crippen LogP contribution in [-0.4, -0.2) is 46.8 Å². The lowest BCUT2D eigenvalue weighted by Gasteiger charge is -2.24. The number of esters is 1. The predicted molar refractivity (Wildman–Crippen MR) is 98.1 cm³/mol. The highest BCUT2D eigenvalue weighted by molar-refractivity contribution is 6.00. The molecule has 1 saturated heterocycles. The summed E-state index contributed by atoms with van der Waals surface area (Å²) in [6.07, 6.45) is 3.76. The van der Waals surface area contributed by atoms with Crippen molar-refractivity contribution in [3.05, 3.63) is 52.6 Å². The molecule has 3 rings (SSSR count). The Kier molecular flexibility index (Phi) is 4.80. The Morgan fingerprint density at radius 1 is 1.33 bits per heavy atom. The summed E-state index contributed by atoms with van der Waals surface area (Å²) in [5.41, 5.74) is 1.31. The van der Waals surface area contributed by atoms with Gasteiger partial charge in [-0.2, -0.15) is 5.10 Å². The molecule has 1 aliphatic heterocycles. The molecule has 1 aromatic carbocycles. The number of hydrogen-bond acceptors (Lipinski definition) is 4. The number of rotatable bonds is 3. The number of carbonyl (C=O) groups is 2. The summed E-state index contributed by atoms with van der Waals surface area (Å²) in [7, 11) is 3.11. The fraction of sp³-hybridized carbons (Fsp3) is 0.450. The van der Waals surface area contributed by atoms with Crippen LogP contribution < -0.4 is 0 Å². The van der Waals surface area contributed by atoms with Crippen LogP contribution in [0.15, 0.2) is 24.5 Å². The van der Waals surface area contributed by atoms with Crippen LogP contribution in [0.4, 0.5) is 4.39 Å². The first-order chi connectivity index (χ1) is 12.7. The minimum Gasteiger partial charge on any atom is -0.465 e. The fourth-order valence-corrected chi connectivity index (χ4v) is 3.90. The average Bonchev–Trinajstić information content (AvgIpc) is 3.16. The molecule has 1 aromatic heterocycles. The number of methoxy groups -OCH3 is 1. The Morgan fingerprint density at radius 2 is 2.04 bits per heavy atom. The monoisotopic (exact) mass is 373 g/mol. The molecule has 1 atom stereocenters. The number of halogens is 1. The van der Waals surface area contributed by atoms with Gasteiger partial charge in [-0.15, -0.1) is 0 Å². The summed E-state index contributed by atoms with van der Waals surface area (Å²) in [5, 5.41) is 4.23. The van der Waals surface area contributed by atoms with E-state index in [1.165, 1.54) is 13.2 Å². The fourth-order valence-electron chi connectivity index (χ4n) is 3.90. The molecular weight excluding hydrogens is 349 g/mol. The van der Waals surface area contributed by atoms with E-state index in [9.17, 15) is 14.0 Å². The molecule has 144 valence electrons. The second-order valence-electron chi connectivity index (χ2n) is 7.76. The number of likely N-dealkylation sites (tertiary alicyclic amines) is 1. The summed E-state index contributed by atoms with van der Waals surface area (Å²) in [6.45, 7) is 6.71. The topological polar surface area (TPSA) is 64.4 Å².